The number of hydrogen-bond donors (Lipinski definition) is 2. The van der Waals surface area contributed by atoms with Crippen LogP contribution in [-0.2, 0) is 4.79 Å². The van der Waals surface area contributed by atoms with E-state index >= 15 is 0 Å². The minimum Gasteiger partial charge on any atom is -0.352 e. The lowest BCUT2D eigenvalue weighted by atomic mass is 9.99. The first kappa shape index (κ1) is 15.1. The van der Waals surface area contributed by atoms with Crippen molar-refractivity contribution in [3.8, 4) is 0 Å². The Morgan fingerprint density at radius 1 is 1.29 bits per heavy atom. The molecule has 1 aliphatic heterocycles. The molecule has 4 unspecified atom stereocenters. The number of benzene rings is 1. The second-order valence-electron chi connectivity index (χ2n) is 6.15. The summed E-state index contributed by atoms with van der Waals surface area (Å²) in [5.74, 6) is 0.485. The summed E-state index contributed by atoms with van der Waals surface area (Å²) in [4.78, 5) is 12.4. The Balaban J connectivity index is 1.60. The molecular weight excluding hydrogens is 307 g/mol. The van der Waals surface area contributed by atoms with E-state index in [2.05, 4.69) is 17.6 Å². The number of amides is 1. The van der Waals surface area contributed by atoms with Crippen molar-refractivity contribution in [3.63, 3.8) is 0 Å². The molecule has 1 aliphatic carbocycles. The van der Waals surface area contributed by atoms with Crippen molar-refractivity contribution >= 4 is 29.1 Å². The highest BCUT2D eigenvalue weighted by atomic mass is 35.5. The Labute approximate surface area is 135 Å². The van der Waals surface area contributed by atoms with Gasteiger partial charge in [-0.05, 0) is 62.4 Å². The first-order valence-electron chi connectivity index (χ1n) is 7.54. The Morgan fingerprint density at radius 3 is 2.67 bits per heavy atom. The Bertz CT molecular complexity index is 529. The van der Waals surface area contributed by atoms with Crippen molar-refractivity contribution in [1.29, 1.82) is 0 Å². The van der Waals surface area contributed by atoms with E-state index in [0.29, 0.717) is 16.1 Å². The molecule has 5 heteroatoms. The summed E-state index contributed by atoms with van der Waals surface area (Å²) in [6, 6.07) is 6.14. The van der Waals surface area contributed by atoms with Crippen molar-refractivity contribution in [1.82, 2.24) is 10.6 Å². The minimum atomic E-state index is 0.0636. The molecule has 2 aliphatic rings. The predicted molar refractivity (Wildman–Crippen MR) is 85.9 cm³/mol. The molecule has 3 rings (SSSR count). The standard InChI is InChI=1S/C16H20Cl2N2O/c1-9-15(3-2-4-19-9)20-16(21)14-8-13(14)10-5-11(17)7-12(18)6-10/h5-7,9,13-15,19H,2-4,8H2,1H3,(H,20,21). The molecule has 114 valence electrons. The van der Waals surface area contributed by atoms with Gasteiger partial charge in [0.25, 0.3) is 0 Å². The SMILES string of the molecule is CC1NCCCC1NC(=O)C1CC1c1cc(Cl)cc(Cl)c1. The first-order chi connectivity index (χ1) is 10.0. The second-order valence-corrected chi connectivity index (χ2v) is 7.02. The summed E-state index contributed by atoms with van der Waals surface area (Å²) in [5.41, 5.74) is 1.07. The van der Waals surface area contributed by atoms with Crippen molar-refractivity contribution in [3.05, 3.63) is 33.8 Å². The Morgan fingerprint density at radius 2 is 2.00 bits per heavy atom. The summed E-state index contributed by atoms with van der Waals surface area (Å²) >= 11 is 12.1. The van der Waals surface area contributed by atoms with E-state index in [1.807, 2.05) is 12.1 Å². The van der Waals surface area contributed by atoms with Crippen LogP contribution < -0.4 is 10.6 Å². The number of rotatable bonds is 3. The molecule has 2 N–H and O–H groups in total. The highest BCUT2D eigenvalue weighted by molar-refractivity contribution is 6.34. The van der Waals surface area contributed by atoms with Crippen LogP contribution in [-0.4, -0.2) is 24.5 Å². The smallest absolute Gasteiger partial charge is 0.224 e. The average Bonchev–Trinajstić information content (AvgIpc) is 3.20. The van der Waals surface area contributed by atoms with Crippen LogP contribution in [0.5, 0.6) is 0 Å². The minimum absolute atomic E-state index is 0.0636. The molecule has 1 saturated heterocycles. The molecule has 0 radical (unpaired) electrons. The van der Waals surface area contributed by atoms with Crippen LogP contribution >= 0.6 is 23.2 Å². The van der Waals surface area contributed by atoms with Crippen molar-refractivity contribution in [2.75, 3.05) is 6.54 Å². The zero-order chi connectivity index (χ0) is 15.0. The third-order valence-corrected chi connectivity index (χ3v) is 4.97. The van der Waals surface area contributed by atoms with E-state index in [4.69, 9.17) is 23.2 Å². The fourth-order valence-corrected chi connectivity index (χ4v) is 3.72. The van der Waals surface area contributed by atoms with E-state index in [9.17, 15) is 4.79 Å². The van der Waals surface area contributed by atoms with Gasteiger partial charge in [0.2, 0.25) is 5.91 Å². The molecule has 0 bridgehead atoms. The number of nitrogens with one attached hydrogen (secondary N) is 2. The van der Waals surface area contributed by atoms with Gasteiger partial charge in [-0.1, -0.05) is 23.2 Å². The van der Waals surface area contributed by atoms with Gasteiger partial charge in [-0.25, -0.2) is 0 Å². The van der Waals surface area contributed by atoms with Gasteiger partial charge in [0.1, 0.15) is 0 Å². The summed E-state index contributed by atoms with van der Waals surface area (Å²) in [6.07, 6.45) is 3.06. The van der Waals surface area contributed by atoms with Gasteiger partial charge in [0, 0.05) is 28.0 Å². The molecule has 21 heavy (non-hydrogen) atoms. The highest BCUT2D eigenvalue weighted by Gasteiger charge is 2.44. The van der Waals surface area contributed by atoms with E-state index in [1.165, 1.54) is 0 Å². The molecule has 1 aromatic carbocycles. The molecule has 4 atom stereocenters. The topological polar surface area (TPSA) is 41.1 Å². The molecule has 0 aromatic heterocycles. The van der Waals surface area contributed by atoms with Crippen molar-refractivity contribution in [2.45, 2.75) is 44.2 Å². The zero-order valence-corrected chi connectivity index (χ0v) is 13.5. The number of hydrogen-bond acceptors (Lipinski definition) is 2. The first-order valence-corrected chi connectivity index (χ1v) is 8.30. The Kier molecular flexibility index (Phi) is 4.43. The van der Waals surface area contributed by atoms with Crippen LogP contribution in [0.4, 0.5) is 0 Å². The number of halogens is 2. The van der Waals surface area contributed by atoms with E-state index < -0.39 is 0 Å². The van der Waals surface area contributed by atoms with E-state index in [-0.39, 0.29) is 23.8 Å². The summed E-state index contributed by atoms with van der Waals surface area (Å²) < 4.78 is 0. The fourth-order valence-electron chi connectivity index (χ4n) is 3.17. The fraction of sp³-hybridized carbons (Fsp3) is 0.562. The quantitative estimate of drug-likeness (QED) is 0.894. The van der Waals surface area contributed by atoms with Crippen molar-refractivity contribution < 1.29 is 4.79 Å². The maximum Gasteiger partial charge on any atom is 0.224 e. The lowest BCUT2D eigenvalue weighted by molar-refractivity contribution is -0.123. The summed E-state index contributed by atoms with van der Waals surface area (Å²) in [7, 11) is 0. The number of piperidine rings is 1. The molecule has 1 saturated carbocycles. The molecule has 3 nitrogen and oxygen atoms in total. The molecule has 1 heterocycles. The van der Waals surface area contributed by atoms with Gasteiger partial charge in [-0.3, -0.25) is 4.79 Å². The zero-order valence-electron chi connectivity index (χ0n) is 12.0. The average molecular weight is 327 g/mol. The maximum absolute atomic E-state index is 12.4. The van der Waals surface area contributed by atoms with Gasteiger partial charge in [-0.15, -0.1) is 0 Å². The molecule has 1 amide bonds. The third-order valence-electron chi connectivity index (χ3n) is 4.53. The van der Waals surface area contributed by atoms with Gasteiger partial charge in [-0.2, -0.15) is 0 Å². The third kappa shape index (κ3) is 3.53. The second kappa shape index (κ2) is 6.15. The normalized spacial score (nSPS) is 31.8. The van der Waals surface area contributed by atoms with Gasteiger partial charge in [0.05, 0.1) is 0 Å². The molecule has 0 spiro atoms. The van der Waals surface area contributed by atoms with Gasteiger partial charge < -0.3 is 10.6 Å². The monoisotopic (exact) mass is 326 g/mol. The highest BCUT2D eigenvalue weighted by Crippen LogP contribution is 2.48. The summed E-state index contributed by atoms with van der Waals surface area (Å²) in [6.45, 7) is 3.17. The molecular formula is C16H20Cl2N2O. The number of carbonyl (C=O) groups excluding carboxylic acids is 1. The summed E-state index contributed by atoms with van der Waals surface area (Å²) in [5, 5.41) is 7.86. The maximum atomic E-state index is 12.4. The van der Waals surface area contributed by atoms with Crippen LogP contribution in [0.15, 0.2) is 18.2 Å². The van der Waals surface area contributed by atoms with Gasteiger partial charge >= 0.3 is 0 Å². The van der Waals surface area contributed by atoms with Gasteiger partial charge in [0.15, 0.2) is 0 Å². The van der Waals surface area contributed by atoms with E-state index in [0.717, 1.165) is 31.4 Å². The van der Waals surface area contributed by atoms with Crippen molar-refractivity contribution in [2.24, 2.45) is 5.92 Å². The lowest BCUT2D eigenvalue weighted by Crippen LogP contribution is -2.52. The predicted octanol–water partition coefficient (Wildman–Crippen LogP) is 3.35. The van der Waals surface area contributed by atoms with Crippen LogP contribution in [0.3, 0.4) is 0 Å². The van der Waals surface area contributed by atoms with Crippen LogP contribution in [0.1, 0.15) is 37.7 Å². The Hall–Kier alpha value is -0.770. The number of carbonyl (C=O) groups is 1. The van der Waals surface area contributed by atoms with E-state index in [1.54, 1.807) is 6.07 Å². The molecule has 2 fully saturated rings. The largest absolute Gasteiger partial charge is 0.352 e. The van der Waals surface area contributed by atoms with Crippen LogP contribution in [0.2, 0.25) is 10.0 Å². The van der Waals surface area contributed by atoms with Crippen LogP contribution in [0.25, 0.3) is 0 Å². The van der Waals surface area contributed by atoms with Crippen LogP contribution in [0, 0.1) is 5.92 Å². The molecule has 1 aromatic rings. The lowest BCUT2D eigenvalue weighted by Gasteiger charge is -2.30.